The van der Waals surface area contributed by atoms with Gasteiger partial charge in [-0.3, -0.25) is 9.59 Å². The van der Waals surface area contributed by atoms with Crippen LogP contribution in [-0.4, -0.2) is 31.8 Å². The lowest BCUT2D eigenvalue weighted by atomic mass is 10.0. The van der Waals surface area contributed by atoms with Crippen molar-refractivity contribution < 1.29 is 23.1 Å². The minimum atomic E-state index is -3.61. The lowest BCUT2D eigenvalue weighted by Gasteiger charge is -2.08. The molecule has 0 heterocycles. The Morgan fingerprint density at radius 1 is 0.750 bits per heavy atom. The molecule has 0 bridgehead atoms. The van der Waals surface area contributed by atoms with Gasteiger partial charge in [0.1, 0.15) is 0 Å². The number of carbonyl (C=O) groups is 2. The maximum atomic E-state index is 12.5. The topological polar surface area (TPSA) is 101 Å². The lowest BCUT2D eigenvalue weighted by molar-refractivity contribution is -0.137. The predicted octanol–water partition coefficient (Wildman–Crippen LogP) is 5.44. The van der Waals surface area contributed by atoms with Gasteiger partial charge in [0.15, 0.2) is 5.78 Å². The molecule has 0 aliphatic rings. The van der Waals surface area contributed by atoms with E-state index in [-0.39, 0.29) is 17.1 Å². The van der Waals surface area contributed by atoms with Crippen molar-refractivity contribution in [2.24, 2.45) is 0 Å². The summed E-state index contributed by atoms with van der Waals surface area (Å²) >= 11 is 5.84. The van der Waals surface area contributed by atoms with Crippen LogP contribution in [-0.2, 0) is 14.8 Å². The molecule has 0 aliphatic carbocycles. The maximum absolute atomic E-state index is 12.5. The Labute approximate surface area is 195 Å². The number of unbranched alkanes of at least 4 members (excludes halogenated alkanes) is 7. The summed E-state index contributed by atoms with van der Waals surface area (Å²) in [5.74, 6) is -0.935. The molecule has 2 aromatic rings. The summed E-state index contributed by atoms with van der Waals surface area (Å²) in [5, 5.41) is 9.13. The highest BCUT2D eigenvalue weighted by Crippen LogP contribution is 2.16. The third-order valence-electron chi connectivity index (χ3n) is 5.14. The van der Waals surface area contributed by atoms with Crippen molar-refractivity contribution in [1.82, 2.24) is 4.72 Å². The molecule has 0 aromatic heterocycles. The van der Waals surface area contributed by atoms with Crippen LogP contribution >= 0.6 is 11.6 Å². The fourth-order valence-corrected chi connectivity index (χ4v) is 4.51. The second-order valence-corrected chi connectivity index (χ2v) is 9.93. The fraction of sp³-hybridized carbons (Fsp3) is 0.417. The van der Waals surface area contributed by atoms with Crippen molar-refractivity contribution in [3.05, 3.63) is 64.7 Å². The van der Waals surface area contributed by atoms with Gasteiger partial charge in [0, 0.05) is 29.1 Å². The molecule has 32 heavy (non-hydrogen) atoms. The average Bonchev–Trinajstić information content (AvgIpc) is 2.77. The number of halogens is 1. The number of carboxylic acid groups (broad SMARTS) is 1. The van der Waals surface area contributed by atoms with E-state index in [1.165, 1.54) is 24.3 Å². The monoisotopic (exact) mass is 479 g/mol. The van der Waals surface area contributed by atoms with Crippen LogP contribution in [0.4, 0.5) is 0 Å². The van der Waals surface area contributed by atoms with Crippen LogP contribution in [0.15, 0.2) is 53.4 Å². The van der Waals surface area contributed by atoms with Gasteiger partial charge in [0.05, 0.1) is 4.90 Å². The molecule has 0 saturated heterocycles. The summed E-state index contributed by atoms with van der Waals surface area (Å²) in [7, 11) is -3.61. The Morgan fingerprint density at radius 3 is 1.75 bits per heavy atom. The molecule has 8 heteroatoms. The van der Waals surface area contributed by atoms with Gasteiger partial charge in [-0.1, -0.05) is 50.1 Å². The first-order chi connectivity index (χ1) is 15.3. The zero-order valence-corrected chi connectivity index (χ0v) is 19.6. The van der Waals surface area contributed by atoms with E-state index in [0.29, 0.717) is 22.7 Å². The molecule has 0 unspecified atom stereocenters. The number of hydrogen-bond acceptors (Lipinski definition) is 4. The Morgan fingerprint density at radius 2 is 1.22 bits per heavy atom. The molecular weight excluding hydrogens is 450 g/mol. The highest BCUT2D eigenvalue weighted by Gasteiger charge is 2.15. The SMILES string of the molecule is O=C(O)CCCCCCCCCCNS(=O)(=O)c1ccc(C(=O)c2ccc(Cl)cc2)cc1. The molecule has 0 fully saturated rings. The van der Waals surface area contributed by atoms with E-state index >= 15 is 0 Å². The zero-order valence-electron chi connectivity index (χ0n) is 18.1. The normalized spacial score (nSPS) is 11.4. The van der Waals surface area contributed by atoms with Crippen molar-refractivity contribution >= 4 is 33.4 Å². The van der Waals surface area contributed by atoms with Gasteiger partial charge in [-0.15, -0.1) is 0 Å². The average molecular weight is 480 g/mol. The van der Waals surface area contributed by atoms with E-state index in [1.54, 1.807) is 24.3 Å². The minimum absolute atomic E-state index is 0.131. The minimum Gasteiger partial charge on any atom is -0.481 e. The number of benzene rings is 2. The third-order valence-corrected chi connectivity index (χ3v) is 6.87. The zero-order chi connectivity index (χ0) is 23.4. The Balaban J connectivity index is 1.68. The largest absolute Gasteiger partial charge is 0.481 e. The van der Waals surface area contributed by atoms with Gasteiger partial charge in [-0.2, -0.15) is 0 Å². The third kappa shape index (κ3) is 9.10. The molecule has 174 valence electrons. The van der Waals surface area contributed by atoms with Crippen LogP contribution in [0.25, 0.3) is 0 Å². The first kappa shape index (κ1) is 26.0. The quantitative estimate of drug-likeness (QED) is 0.261. The summed E-state index contributed by atoms with van der Waals surface area (Å²) in [6, 6.07) is 12.5. The van der Waals surface area contributed by atoms with Gasteiger partial charge in [-0.25, -0.2) is 13.1 Å². The fourth-order valence-electron chi connectivity index (χ4n) is 3.31. The summed E-state index contributed by atoms with van der Waals surface area (Å²) in [6.07, 6.45) is 7.82. The number of nitrogens with one attached hydrogen (secondary N) is 1. The molecule has 0 amide bonds. The van der Waals surface area contributed by atoms with Crippen LogP contribution in [0, 0.1) is 0 Å². The lowest BCUT2D eigenvalue weighted by Crippen LogP contribution is -2.24. The standard InChI is InChI=1S/C24H30ClNO5S/c25-21-14-10-19(11-15-21)24(29)20-12-16-22(17-13-20)32(30,31)26-18-8-6-4-2-1-3-5-7-9-23(27)28/h10-17,26H,1-9,18H2,(H,27,28). The molecule has 0 aliphatic heterocycles. The smallest absolute Gasteiger partial charge is 0.303 e. The van der Waals surface area contributed by atoms with Crippen molar-refractivity contribution in [2.45, 2.75) is 62.7 Å². The number of hydrogen-bond donors (Lipinski definition) is 2. The van der Waals surface area contributed by atoms with Crippen LogP contribution in [0.2, 0.25) is 5.02 Å². The van der Waals surface area contributed by atoms with E-state index in [1.807, 2.05) is 0 Å². The number of aliphatic carboxylic acids is 1. The van der Waals surface area contributed by atoms with Crippen LogP contribution in [0.3, 0.4) is 0 Å². The van der Waals surface area contributed by atoms with E-state index < -0.39 is 16.0 Å². The summed E-state index contributed by atoms with van der Waals surface area (Å²) in [6.45, 7) is 0.367. The second kappa shape index (κ2) is 13.4. The highest BCUT2D eigenvalue weighted by atomic mass is 35.5. The van der Waals surface area contributed by atoms with Crippen LogP contribution in [0.5, 0.6) is 0 Å². The highest BCUT2D eigenvalue weighted by molar-refractivity contribution is 7.89. The van der Waals surface area contributed by atoms with Crippen molar-refractivity contribution in [1.29, 1.82) is 0 Å². The maximum Gasteiger partial charge on any atom is 0.303 e. The van der Waals surface area contributed by atoms with E-state index in [2.05, 4.69) is 4.72 Å². The van der Waals surface area contributed by atoms with Crippen molar-refractivity contribution in [3.8, 4) is 0 Å². The molecule has 2 rings (SSSR count). The van der Waals surface area contributed by atoms with Gasteiger partial charge >= 0.3 is 5.97 Å². The molecular formula is C24H30ClNO5S. The number of carboxylic acids is 1. The van der Waals surface area contributed by atoms with Crippen molar-refractivity contribution in [2.75, 3.05) is 6.54 Å². The molecule has 2 N–H and O–H groups in total. The van der Waals surface area contributed by atoms with Gasteiger partial charge < -0.3 is 5.11 Å². The summed E-state index contributed by atoms with van der Waals surface area (Å²) < 4.78 is 27.5. The summed E-state index contributed by atoms with van der Waals surface area (Å²) in [5.41, 5.74) is 0.901. The van der Waals surface area contributed by atoms with Crippen LogP contribution in [0.1, 0.15) is 73.7 Å². The van der Waals surface area contributed by atoms with Gasteiger partial charge in [0.2, 0.25) is 10.0 Å². The molecule has 0 spiro atoms. The first-order valence-corrected chi connectivity index (χ1v) is 12.8. The molecule has 2 aromatic carbocycles. The molecule has 0 saturated carbocycles. The molecule has 0 radical (unpaired) electrons. The second-order valence-electron chi connectivity index (χ2n) is 7.73. The number of ketones is 1. The van der Waals surface area contributed by atoms with Gasteiger partial charge in [0.25, 0.3) is 0 Å². The molecule has 6 nitrogen and oxygen atoms in total. The Kier molecular flexibility index (Phi) is 10.9. The van der Waals surface area contributed by atoms with E-state index in [9.17, 15) is 18.0 Å². The number of sulfonamides is 1. The molecule has 0 atom stereocenters. The number of carbonyl (C=O) groups excluding carboxylic acids is 1. The van der Waals surface area contributed by atoms with E-state index in [0.717, 1.165) is 51.4 Å². The predicted molar refractivity (Wildman–Crippen MR) is 126 cm³/mol. The number of rotatable bonds is 15. The first-order valence-electron chi connectivity index (χ1n) is 10.9. The Hall–Kier alpha value is -2.22. The Bertz CT molecular complexity index is 972. The van der Waals surface area contributed by atoms with E-state index in [4.69, 9.17) is 16.7 Å². The van der Waals surface area contributed by atoms with Gasteiger partial charge in [-0.05, 0) is 61.4 Å². The van der Waals surface area contributed by atoms with Crippen molar-refractivity contribution in [3.63, 3.8) is 0 Å². The van der Waals surface area contributed by atoms with Crippen LogP contribution < -0.4 is 4.72 Å². The summed E-state index contributed by atoms with van der Waals surface area (Å²) in [4.78, 5) is 23.1.